The van der Waals surface area contributed by atoms with Crippen LogP contribution >= 0.6 is 0 Å². The van der Waals surface area contributed by atoms with Crippen molar-refractivity contribution >= 4 is 5.91 Å². The van der Waals surface area contributed by atoms with Gasteiger partial charge < -0.3 is 14.0 Å². The molecule has 4 heterocycles. The Balaban J connectivity index is 1.51. The van der Waals surface area contributed by atoms with Crippen LogP contribution in [-0.4, -0.2) is 43.0 Å². The van der Waals surface area contributed by atoms with Crippen LogP contribution in [0.25, 0.3) is 0 Å². The number of pyridine rings is 1. The Morgan fingerprint density at radius 3 is 2.85 bits per heavy atom. The zero-order valence-corrected chi connectivity index (χ0v) is 15.0. The molecule has 0 bridgehead atoms. The lowest BCUT2D eigenvalue weighted by Gasteiger charge is -2.32. The second-order valence-corrected chi connectivity index (χ2v) is 6.83. The number of hydrogen-bond donors (Lipinski definition) is 0. The highest BCUT2D eigenvalue weighted by molar-refractivity contribution is 5.92. The van der Waals surface area contributed by atoms with Gasteiger partial charge in [-0.1, -0.05) is 6.07 Å². The molecule has 1 saturated heterocycles. The number of imidazole rings is 1. The lowest BCUT2D eigenvalue weighted by Crippen LogP contribution is -2.40. The van der Waals surface area contributed by atoms with Crippen LogP contribution in [0.2, 0.25) is 0 Å². The minimum atomic E-state index is 0.102. The molecule has 0 unspecified atom stereocenters. The standard InChI is InChI=1S/C20H23N5O/c1-23-11-5-8-18(23)20(26)25-12-4-6-16(14-25)19-22-10-13-24(19)15-17-7-2-3-9-21-17/h2-3,5,7-11,13,16H,4,6,12,14-15H2,1H3/t16-/m1/s1. The molecule has 134 valence electrons. The number of likely N-dealkylation sites (tertiary alicyclic amines) is 1. The van der Waals surface area contributed by atoms with Gasteiger partial charge in [0.2, 0.25) is 0 Å². The van der Waals surface area contributed by atoms with Crippen LogP contribution in [0.4, 0.5) is 0 Å². The van der Waals surface area contributed by atoms with Gasteiger partial charge in [0.25, 0.3) is 5.91 Å². The average molecular weight is 349 g/mol. The minimum absolute atomic E-state index is 0.102. The van der Waals surface area contributed by atoms with E-state index in [1.165, 1.54) is 0 Å². The van der Waals surface area contributed by atoms with Gasteiger partial charge in [0.1, 0.15) is 11.5 Å². The van der Waals surface area contributed by atoms with Gasteiger partial charge in [-0.15, -0.1) is 0 Å². The first kappa shape index (κ1) is 16.6. The maximum absolute atomic E-state index is 12.8. The zero-order valence-electron chi connectivity index (χ0n) is 15.0. The molecule has 0 aromatic carbocycles. The number of carbonyl (C=O) groups excluding carboxylic acids is 1. The number of carbonyl (C=O) groups is 1. The Hall–Kier alpha value is -2.89. The van der Waals surface area contributed by atoms with Gasteiger partial charge >= 0.3 is 0 Å². The predicted octanol–water partition coefficient (Wildman–Crippen LogP) is 2.68. The van der Waals surface area contributed by atoms with Crippen LogP contribution in [0.5, 0.6) is 0 Å². The van der Waals surface area contributed by atoms with E-state index < -0.39 is 0 Å². The number of piperidine rings is 1. The van der Waals surface area contributed by atoms with Crippen molar-refractivity contribution in [3.8, 4) is 0 Å². The van der Waals surface area contributed by atoms with E-state index in [0.29, 0.717) is 13.1 Å². The zero-order chi connectivity index (χ0) is 17.9. The van der Waals surface area contributed by atoms with Crippen LogP contribution in [0.1, 0.15) is 40.8 Å². The fourth-order valence-corrected chi connectivity index (χ4v) is 3.70. The SMILES string of the molecule is Cn1cccc1C(=O)N1CCC[C@@H](c2nccn2Cc2ccccn2)C1. The molecular weight excluding hydrogens is 326 g/mol. The van der Waals surface area contributed by atoms with Crippen LogP contribution in [0.15, 0.2) is 55.1 Å². The Morgan fingerprint density at radius 2 is 2.08 bits per heavy atom. The normalized spacial score (nSPS) is 17.4. The number of nitrogens with zero attached hydrogens (tertiary/aromatic N) is 5. The van der Waals surface area contributed by atoms with Crippen molar-refractivity contribution in [2.45, 2.75) is 25.3 Å². The Labute approximate surface area is 153 Å². The summed E-state index contributed by atoms with van der Waals surface area (Å²) in [6.07, 6.45) is 9.62. The molecule has 4 rings (SSSR count). The van der Waals surface area contributed by atoms with E-state index in [0.717, 1.165) is 36.6 Å². The molecule has 1 fully saturated rings. The van der Waals surface area contributed by atoms with Crippen LogP contribution in [0, 0.1) is 0 Å². The van der Waals surface area contributed by atoms with Gasteiger partial charge in [0, 0.05) is 50.8 Å². The molecule has 6 nitrogen and oxygen atoms in total. The smallest absolute Gasteiger partial charge is 0.270 e. The monoisotopic (exact) mass is 349 g/mol. The van der Waals surface area contributed by atoms with Crippen molar-refractivity contribution in [2.75, 3.05) is 13.1 Å². The predicted molar refractivity (Wildman–Crippen MR) is 98.9 cm³/mol. The molecule has 1 atom stereocenters. The Morgan fingerprint density at radius 1 is 1.15 bits per heavy atom. The summed E-state index contributed by atoms with van der Waals surface area (Å²) >= 11 is 0. The van der Waals surface area contributed by atoms with Crippen molar-refractivity contribution in [3.63, 3.8) is 0 Å². The molecule has 1 amide bonds. The second kappa shape index (κ2) is 7.15. The molecule has 0 spiro atoms. The summed E-state index contributed by atoms with van der Waals surface area (Å²) in [4.78, 5) is 23.8. The van der Waals surface area contributed by atoms with Gasteiger partial charge in [0.05, 0.1) is 12.2 Å². The molecule has 0 N–H and O–H groups in total. The number of hydrogen-bond acceptors (Lipinski definition) is 3. The van der Waals surface area contributed by atoms with Crippen LogP contribution in [0.3, 0.4) is 0 Å². The summed E-state index contributed by atoms with van der Waals surface area (Å²) in [7, 11) is 1.91. The lowest BCUT2D eigenvalue weighted by molar-refractivity contribution is 0.0693. The quantitative estimate of drug-likeness (QED) is 0.728. The molecular formula is C20H23N5O. The van der Waals surface area contributed by atoms with Crippen molar-refractivity contribution in [2.24, 2.45) is 7.05 Å². The molecule has 6 heteroatoms. The highest BCUT2D eigenvalue weighted by Crippen LogP contribution is 2.27. The molecule has 1 aliphatic heterocycles. The fraction of sp³-hybridized carbons (Fsp3) is 0.350. The largest absolute Gasteiger partial charge is 0.347 e. The first-order chi connectivity index (χ1) is 12.7. The summed E-state index contributed by atoms with van der Waals surface area (Å²) in [6.45, 7) is 2.23. The van der Waals surface area contributed by atoms with Gasteiger partial charge in [-0.25, -0.2) is 4.98 Å². The summed E-state index contributed by atoms with van der Waals surface area (Å²) < 4.78 is 4.04. The summed E-state index contributed by atoms with van der Waals surface area (Å²) in [6, 6.07) is 9.74. The minimum Gasteiger partial charge on any atom is -0.347 e. The first-order valence-electron chi connectivity index (χ1n) is 9.04. The Kier molecular flexibility index (Phi) is 4.56. The van der Waals surface area contributed by atoms with E-state index in [4.69, 9.17) is 0 Å². The second-order valence-electron chi connectivity index (χ2n) is 6.83. The van der Waals surface area contributed by atoms with Crippen molar-refractivity contribution in [1.82, 2.24) is 24.0 Å². The number of aryl methyl sites for hydroxylation is 1. The molecule has 3 aromatic heterocycles. The topological polar surface area (TPSA) is 56.0 Å². The molecule has 26 heavy (non-hydrogen) atoms. The third kappa shape index (κ3) is 3.27. The summed E-state index contributed by atoms with van der Waals surface area (Å²) in [5.41, 5.74) is 1.75. The molecule has 0 aliphatic carbocycles. The van der Waals surface area contributed by atoms with Crippen LogP contribution in [-0.2, 0) is 13.6 Å². The number of aromatic nitrogens is 4. The third-order valence-corrected chi connectivity index (χ3v) is 5.04. The van der Waals surface area contributed by atoms with Gasteiger partial charge in [-0.3, -0.25) is 9.78 Å². The van der Waals surface area contributed by atoms with E-state index in [2.05, 4.69) is 14.5 Å². The number of rotatable bonds is 4. The Bertz CT molecular complexity index is 883. The van der Waals surface area contributed by atoms with Crippen molar-refractivity contribution in [1.29, 1.82) is 0 Å². The van der Waals surface area contributed by atoms with E-state index in [-0.39, 0.29) is 11.8 Å². The lowest BCUT2D eigenvalue weighted by atomic mass is 9.96. The highest BCUT2D eigenvalue weighted by Gasteiger charge is 2.28. The van der Waals surface area contributed by atoms with E-state index in [1.807, 2.05) is 71.6 Å². The first-order valence-corrected chi connectivity index (χ1v) is 9.04. The summed E-state index contributed by atoms with van der Waals surface area (Å²) in [5.74, 6) is 1.40. The maximum Gasteiger partial charge on any atom is 0.270 e. The van der Waals surface area contributed by atoms with Gasteiger partial charge in [-0.05, 0) is 37.1 Å². The third-order valence-electron chi connectivity index (χ3n) is 5.04. The molecule has 0 saturated carbocycles. The van der Waals surface area contributed by atoms with Crippen molar-refractivity contribution in [3.05, 3.63) is 72.3 Å². The molecule has 0 radical (unpaired) electrons. The van der Waals surface area contributed by atoms with E-state index >= 15 is 0 Å². The maximum atomic E-state index is 12.8. The van der Waals surface area contributed by atoms with Crippen molar-refractivity contribution < 1.29 is 4.79 Å². The molecule has 1 aliphatic rings. The van der Waals surface area contributed by atoms with Crippen LogP contribution < -0.4 is 0 Å². The average Bonchev–Trinajstić information content (AvgIpc) is 3.31. The summed E-state index contributed by atoms with van der Waals surface area (Å²) in [5, 5.41) is 0. The van der Waals surface area contributed by atoms with E-state index in [1.54, 1.807) is 0 Å². The highest BCUT2D eigenvalue weighted by atomic mass is 16.2. The van der Waals surface area contributed by atoms with Gasteiger partial charge in [0.15, 0.2) is 0 Å². The molecule has 3 aromatic rings. The fourth-order valence-electron chi connectivity index (χ4n) is 3.70. The number of amides is 1. The van der Waals surface area contributed by atoms with Gasteiger partial charge in [-0.2, -0.15) is 0 Å². The van der Waals surface area contributed by atoms with E-state index in [9.17, 15) is 4.79 Å².